The SMILES string of the molecule is C=C(CCc1c[nH]c2ccc(F)cc12)NCCCC. The number of nitrogens with one attached hydrogen (secondary N) is 2. The molecule has 0 spiro atoms. The minimum Gasteiger partial charge on any atom is -0.389 e. The van der Waals surface area contributed by atoms with Crippen molar-refractivity contribution in [3.8, 4) is 0 Å². The molecule has 2 rings (SSSR count). The van der Waals surface area contributed by atoms with E-state index < -0.39 is 0 Å². The molecule has 2 N–H and O–H groups in total. The maximum Gasteiger partial charge on any atom is 0.123 e. The van der Waals surface area contributed by atoms with Crippen molar-refractivity contribution in [1.82, 2.24) is 10.3 Å². The lowest BCUT2D eigenvalue weighted by Gasteiger charge is -2.08. The van der Waals surface area contributed by atoms with Crippen LogP contribution >= 0.6 is 0 Å². The molecule has 1 aromatic heterocycles. The molecule has 2 nitrogen and oxygen atoms in total. The molecule has 0 amide bonds. The molecule has 0 saturated carbocycles. The molecule has 102 valence electrons. The number of fused-ring (bicyclic) bond motifs is 1. The molecule has 0 fully saturated rings. The highest BCUT2D eigenvalue weighted by Crippen LogP contribution is 2.21. The van der Waals surface area contributed by atoms with Crippen molar-refractivity contribution in [2.75, 3.05) is 6.54 Å². The Kier molecular flexibility index (Phi) is 4.61. The van der Waals surface area contributed by atoms with Crippen molar-refractivity contribution < 1.29 is 4.39 Å². The largest absolute Gasteiger partial charge is 0.389 e. The van der Waals surface area contributed by atoms with Gasteiger partial charge in [-0.3, -0.25) is 0 Å². The Morgan fingerprint density at radius 2 is 2.26 bits per heavy atom. The predicted octanol–water partition coefficient (Wildman–Crippen LogP) is 4.14. The molecule has 0 bridgehead atoms. The van der Waals surface area contributed by atoms with Gasteiger partial charge >= 0.3 is 0 Å². The number of hydrogen-bond acceptors (Lipinski definition) is 1. The molecule has 3 heteroatoms. The fraction of sp³-hybridized carbons (Fsp3) is 0.375. The standard InChI is InChI=1S/C16H21FN2/c1-3-4-9-18-12(2)5-6-13-11-19-16-8-7-14(17)10-15(13)16/h7-8,10-11,18-19H,2-6,9H2,1H3. The summed E-state index contributed by atoms with van der Waals surface area (Å²) in [6, 6.07) is 4.85. The van der Waals surface area contributed by atoms with Gasteiger partial charge in [-0.15, -0.1) is 0 Å². The van der Waals surface area contributed by atoms with E-state index in [-0.39, 0.29) is 5.82 Å². The van der Waals surface area contributed by atoms with Crippen LogP contribution in [0.2, 0.25) is 0 Å². The van der Waals surface area contributed by atoms with Crippen LogP contribution in [0.25, 0.3) is 10.9 Å². The van der Waals surface area contributed by atoms with Gasteiger partial charge in [0.2, 0.25) is 0 Å². The number of allylic oxidation sites excluding steroid dienone is 1. The van der Waals surface area contributed by atoms with Crippen molar-refractivity contribution >= 4 is 10.9 Å². The molecular weight excluding hydrogens is 239 g/mol. The number of aromatic amines is 1. The molecule has 0 aliphatic heterocycles. The lowest BCUT2D eigenvalue weighted by molar-refractivity contribution is 0.629. The lowest BCUT2D eigenvalue weighted by atomic mass is 10.1. The van der Waals surface area contributed by atoms with Crippen LogP contribution in [0.3, 0.4) is 0 Å². The average Bonchev–Trinajstić information content (AvgIpc) is 2.79. The number of benzene rings is 1. The number of aryl methyl sites for hydroxylation is 1. The van der Waals surface area contributed by atoms with Crippen molar-refractivity contribution in [3.05, 3.63) is 48.1 Å². The van der Waals surface area contributed by atoms with Gasteiger partial charge in [0, 0.05) is 29.3 Å². The zero-order valence-electron chi connectivity index (χ0n) is 11.4. The fourth-order valence-corrected chi connectivity index (χ4v) is 2.17. The number of hydrogen-bond donors (Lipinski definition) is 2. The van der Waals surface area contributed by atoms with Crippen molar-refractivity contribution in [2.45, 2.75) is 32.6 Å². The zero-order chi connectivity index (χ0) is 13.7. The fourth-order valence-electron chi connectivity index (χ4n) is 2.17. The van der Waals surface area contributed by atoms with E-state index in [1.54, 1.807) is 12.1 Å². The molecule has 1 heterocycles. The van der Waals surface area contributed by atoms with Gasteiger partial charge in [-0.25, -0.2) is 4.39 Å². The van der Waals surface area contributed by atoms with Crippen LogP contribution < -0.4 is 5.32 Å². The van der Waals surface area contributed by atoms with E-state index in [0.29, 0.717) is 0 Å². The molecule has 2 aromatic rings. The number of unbranched alkanes of at least 4 members (excludes halogenated alkanes) is 1. The van der Waals surface area contributed by atoms with E-state index in [0.717, 1.165) is 48.0 Å². The monoisotopic (exact) mass is 260 g/mol. The topological polar surface area (TPSA) is 27.8 Å². The van der Waals surface area contributed by atoms with Crippen LogP contribution in [0, 0.1) is 5.82 Å². The first-order valence-corrected chi connectivity index (χ1v) is 6.88. The first kappa shape index (κ1) is 13.7. The quantitative estimate of drug-likeness (QED) is 0.719. The molecule has 1 aromatic carbocycles. The number of halogens is 1. The predicted molar refractivity (Wildman–Crippen MR) is 78.6 cm³/mol. The van der Waals surface area contributed by atoms with Gasteiger partial charge in [-0.05, 0) is 43.0 Å². The van der Waals surface area contributed by atoms with Crippen LogP contribution in [0.4, 0.5) is 4.39 Å². The Labute approximate surface area is 113 Å². The van der Waals surface area contributed by atoms with Crippen molar-refractivity contribution in [3.63, 3.8) is 0 Å². The van der Waals surface area contributed by atoms with Gasteiger partial charge in [0.15, 0.2) is 0 Å². The Balaban J connectivity index is 1.94. The van der Waals surface area contributed by atoms with Gasteiger partial charge in [0.05, 0.1) is 0 Å². The van der Waals surface area contributed by atoms with Gasteiger partial charge in [-0.2, -0.15) is 0 Å². The molecule has 0 atom stereocenters. The molecule has 0 aliphatic carbocycles. The van der Waals surface area contributed by atoms with Gasteiger partial charge in [0.25, 0.3) is 0 Å². The number of aromatic nitrogens is 1. The number of rotatable bonds is 7. The maximum absolute atomic E-state index is 13.3. The summed E-state index contributed by atoms with van der Waals surface area (Å²) in [5.41, 5.74) is 3.19. The summed E-state index contributed by atoms with van der Waals surface area (Å²) in [5, 5.41) is 4.30. The zero-order valence-corrected chi connectivity index (χ0v) is 11.4. The van der Waals surface area contributed by atoms with Crippen LogP contribution in [-0.4, -0.2) is 11.5 Å². The summed E-state index contributed by atoms with van der Waals surface area (Å²) in [5.74, 6) is -0.187. The molecule has 19 heavy (non-hydrogen) atoms. The first-order valence-electron chi connectivity index (χ1n) is 6.88. The molecule has 0 radical (unpaired) electrons. The normalized spacial score (nSPS) is 10.8. The molecule has 0 saturated heterocycles. The third kappa shape index (κ3) is 3.60. The minimum atomic E-state index is -0.187. The van der Waals surface area contributed by atoms with Crippen LogP contribution in [0.5, 0.6) is 0 Å². The van der Waals surface area contributed by atoms with Gasteiger partial charge < -0.3 is 10.3 Å². The van der Waals surface area contributed by atoms with E-state index in [9.17, 15) is 4.39 Å². The second-order valence-electron chi connectivity index (χ2n) is 4.89. The van der Waals surface area contributed by atoms with Crippen molar-refractivity contribution in [1.29, 1.82) is 0 Å². The van der Waals surface area contributed by atoms with E-state index >= 15 is 0 Å². The summed E-state index contributed by atoms with van der Waals surface area (Å²) in [7, 11) is 0. The number of H-pyrrole nitrogens is 1. The Bertz CT molecular complexity index is 557. The summed E-state index contributed by atoms with van der Waals surface area (Å²) < 4.78 is 13.3. The highest BCUT2D eigenvalue weighted by Gasteiger charge is 2.05. The second kappa shape index (κ2) is 6.41. The third-order valence-electron chi connectivity index (χ3n) is 3.33. The van der Waals surface area contributed by atoms with Gasteiger partial charge in [-0.1, -0.05) is 19.9 Å². The summed E-state index contributed by atoms with van der Waals surface area (Å²) in [6.45, 7) is 7.18. The van der Waals surface area contributed by atoms with E-state index in [4.69, 9.17) is 0 Å². The van der Waals surface area contributed by atoms with E-state index in [1.807, 2.05) is 6.20 Å². The van der Waals surface area contributed by atoms with E-state index in [2.05, 4.69) is 23.8 Å². The lowest BCUT2D eigenvalue weighted by Crippen LogP contribution is -2.14. The third-order valence-corrected chi connectivity index (χ3v) is 3.33. The molecule has 0 aliphatic rings. The Hall–Kier alpha value is -1.77. The van der Waals surface area contributed by atoms with Crippen molar-refractivity contribution in [2.24, 2.45) is 0 Å². The van der Waals surface area contributed by atoms with Crippen LogP contribution in [0.1, 0.15) is 31.7 Å². The van der Waals surface area contributed by atoms with Gasteiger partial charge in [0.1, 0.15) is 5.82 Å². The Morgan fingerprint density at radius 1 is 1.42 bits per heavy atom. The highest BCUT2D eigenvalue weighted by molar-refractivity contribution is 5.83. The average molecular weight is 260 g/mol. The molecular formula is C16H21FN2. The maximum atomic E-state index is 13.3. The summed E-state index contributed by atoms with van der Waals surface area (Å²) >= 11 is 0. The minimum absolute atomic E-state index is 0.187. The first-order chi connectivity index (χ1) is 9.20. The highest BCUT2D eigenvalue weighted by atomic mass is 19.1. The van der Waals surface area contributed by atoms with Crippen LogP contribution in [0.15, 0.2) is 36.7 Å². The van der Waals surface area contributed by atoms with E-state index in [1.165, 1.54) is 12.5 Å². The molecule has 0 unspecified atom stereocenters. The van der Waals surface area contributed by atoms with Crippen LogP contribution in [-0.2, 0) is 6.42 Å². The summed E-state index contributed by atoms with van der Waals surface area (Å²) in [4.78, 5) is 3.17. The smallest absolute Gasteiger partial charge is 0.123 e. The second-order valence-corrected chi connectivity index (χ2v) is 4.89. The Morgan fingerprint density at radius 3 is 3.05 bits per heavy atom. The summed E-state index contributed by atoms with van der Waals surface area (Å²) in [6.07, 6.45) is 6.07.